The van der Waals surface area contributed by atoms with Gasteiger partial charge in [0.15, 0.2) is 11.5 Å². The van der Waals surface area contributed by atoms with Gasteiger partial charge in [0.25, 0.3) is 5.22 Å². The first-order chi connectivity index (χ1) is 15.2. The second-order valence-corrected chi connectivity index (χ2v) is 8.76. The first-order valence-corrected chi connectivity index (χ1v) is 11.7. The fraction of sp³-hybridized carbons (Fsp3) is 0.261. The molecule has 0 bridgehead atoms. The molecule has 0 spiro atoms. The molecule has 0 amide bonds. The third-order valence-electron chi connectivity index (χ3n) is 4.82. The lowest BCUT2D eigenvalue weighted by Gasteiger charge is -2.08. The summed E-state index contributed by atoms with van der Waals surface area (Å²) >= 11 is 3.09. The highest BCUT2D eigenvalue weighted by Gasteiger charge is 2.14. The summed E-state index contributed by atoms with van der Waals surface area (Å²) in [5.74, 6) is 3.03. The number of hydrogen-bond acceptors (Lipinski definition) is 8. The first kappa shape index (κ1) is 21.4. The third kappa shape index (κ3) is 5.26. The highest BCUT2D eigenvalue weighted by atomic mass is 32.2. The van der Waals surface area contributed by atoms with Crippen LogP contribution in [0.2, 0.25) is 0 Å². The zero-order valence-corrected chi connectivity index (χ0v) is 19.2. The number of ether oxygens (including phenoxy) is 2. The highest BCUT2D eigenvalue weighted by Crippen LogP contribution is 2.34. The summed E-state index contributed by atoms with van der Waals surface area (Å²) in [7, 11) is 3.26. The predicted molar refractivity (Wildman–Crippen MR) is 123 cm³/mol. The van der Waals surface area contributed by atoms with Crippen molar-refractivity contribution in [3.63, 3.8) is 0 Å². The van der Waals surface area contributed by atoms with Crippen molar-refractivity contribution in [1.29, 1.82) is 0 Å². The van der Waals surface area contributed by atoms with E-state index in [4.69, 9.17) is 18.9 Å². The Labute approximate surface area is 189 Å². The third-order valence-corrected chi connectivity index (χ3v) is 6.62. The standard InChI is InChI=1S/C23H23N3O3S2/c1-15(16-7-5-4-6-8-16)11-21-25-26-23(29-21)31-14-18-13-30-22(24-18)17-9-10-19(27-2)20(12-17)28-3/h4-10,12-13,15H,11,14H2,1-3H3/t15-/m1/s1. The van der Waals surface area contributed by atoms with Crippen LogP contribution in [0.25, 0.3) is 10.6 Å². The van der Waals surface area contributed by atoms with Crippen LogP contribution >= 0.6 is 23.1 Å². The van der Waals surface area contributed by atoms with Crippen LogP contribution in [-0.2, 0) is 12.2 Å². The minimum Gasteiger partial charge on any atom is -0.493 e. The molecule has 160 valence electrons. The number of hydrogen-bond donors (Lipinski definition) is 0. The van der Waals surface area contributed by atoms with E-state index in [0.717, 1.165) is 22.7 Å². The summed E-state index contributed by atoms with van der Waals surface area (Å²) in [4.78, 5) is 4.73. The number of aromatic nitrogens is 3. The van der Waals surface area contributed by atoms with Gasteiger partial charge in [0.2, 0.25) is 5.89 Å². The van der Waals surface area contributed by atoms with E-state index < -0.39 is 0 Å². The zero-order valence-electron chi connectivity index (χ0n) is 17.6. The first-order valence-electron chi connectivity index (χ1n) is 9.83. The van der Waals surface area contributed by atoms with Gasteiger partial charge in [-0.25, -0.2) is 4.98 Å². The number of nitrogens with zero attached hydrogens (tertiary/aromatic N) is 3. The molecule has 6 nitrogen and oxygen atoms in total. The Morgan fingerprint density at radius 2 is 1.84 bits per heavy atom. The summed E-state index contributed by atoms with van der Waals surface area (Å²) in [6.45, 7) is 2.16. The Hall–Kier alpha value is -2.84. The lowest BCUT2D eigenvalue weighted by molar-refractivity contribution is 0.355. The molecule has 0 aliphatic rings. The Morgan fingerprint density at radius 1 is 1.03 bits per heavy atom. The van der Waals surface area contributed by atoms with E-state index in [0.29, 0.717) is 34.3 Å². The van der Waals surface area contributed by atoms with Gasteiger partial charge >= 0.3 is 0 Å². The molecule has 4 rings (SSSR count). The van der Waals surface area contributed by atoms with Crippen LogP contribution < -0.4 is 9.47 Å². The van der Waals surface area contributed by atoms with Crippen LogP contribution in [-0.4, -0.2) is 29.4 Å². The molecule has 31 heavy (non-hydrogen) atoms. The normalized spacial score (nSPS) is 12.0. The van der Waals surface area contributed by atoms with Crippen LogP contribution in [0.1, 0.15) is 30.0 Å². The molecule has 2 aromatic heterocycles. The number of thiazole rings is 1. The molecule has 0 radical (unpaired) electrons. The summed E-state index contributed by atoms with van der Waals surface area (Å²) in [5.41, 5.74) is 3.23. The van der Waals surface area contributed by atoms with E-state index in [9.17, 15) is 0 Å². The smallest absolute Gasteiger partial charge is 0.276 e. The van der Waals surface area contributed by atoms with Gasteiger partial charge in [-0.1, -0.05) is 49.0 Å². The van der Waals surface area contributed by atoms with E-state index in [1.165, 1.54) is 17.3 Å². The Bertz CT molecular complexity index is 1130. The van der Waals surface area contributed by atoms with Crippen molar-refractivity contribution in [3.8, 4) is 22.1 Å². The Kier molecular flexibility index (Phi) is 6.89. The van der Waals surface area contributed by atoms with E-state index in [-0.39, 0.29) is 0 Å². The molecule has 8 heteroatoms. The van der Waals surface area contributed by atoms with Gasteiger partial charge in [-0.05, 0) is 29.7 Å². The van der Waals surface area contributed by atoms with Gasteiger partial charge in [0.05, 0.1) is 19.9 Å². The van der Waals surface area contributed by atoms with Crippen molar-refractivity contribution in [1.82, 2.24) is 15.2 Å². The van der Waals surface area contributed by atoms with Crippen molar-refractivity contribution in [3.05, 3.63) is 71.1 Å². The molecule has 2 heterocycles. The van der Waals surface area contributed by atoms with E-state index in [2.05, 4.69) is 29.3 Å². The molecule has 0 aliphatic carbocycles. The molecule has 1 atom stereocenters. The second-order valence-electron chi connectivity index (χ2n) is 6.98. The summed E-state index contributed by atoms with van der Waals surface area (Å²) in [6, 6.07) is 16.2. The van der Waals surface area contributed by atoms with Gasteiger partial charge in [-0.15, -0.1) is 21.5 Å². The van der Waals surface area contributed by atoms with Crippen molar-refractivity contribution < 1.29 is 13.9 Å². The average molecular weight is 454 g/mol. The van der Waals surface area contributed by atoms with Crippen molar-refractivity contribution in [2.24, 2.45) is 0 Å². The minimum absolute atomic E-state index is 0.321. The number of methoxy groups -OCH3 is 2. The Balaban J connectivity index is 1.36. The molecule has 2 aromatic carbocycles. The minimum atomic E-state index is 0.321. The molecule has 0 fully saturated rings. The maximum atomic E-state index is 5.83. The topological polar surface area (TPSA) is 70.3 Å². The maximum Gasteiger partial charge on any atom is 0.276 e. The van der Waals surface area contributed by atoms with E-state index in [1.54, 1.807) is 25.6 Å². The number of rotatable bonds is 9. The summed E-state index contributed by atoms with van der Waals surface area (Å²) in [6.07, 6.45) is 0.720. The molecule has 4 aromatic rings. The van der Waals surface area contributed by atoms with Gasteiger partial charge in [-0.3, -0.25) is 0 Å². The second kappa shape index (κ2) is 9.98. The van der Waals surface area contributed by atoms with E-state index in [1.807, 2.05) is 41.8 Å². The molecule has 0 aliphatic heterocycles. The fourth-order valence-corrected chi connectivity index (χ4v) is 4.75. The van der Waals surface area contributed by atoms with Crippen molar-refractivity contribution in [2.75, 3.05) is 14.2 Å². The van der Waals surface area contributed by atoms with E-state index >= 15 is 0 Å². The lowest BCUT2D eigenvalue weighted by Crippen LogP contribution is -1.98. The van der Waals surface area contributed by atoms with Crippen LogP contribution in [0, 0.1) is 0 Å². The molecular formula is C23H23N3O3S2. The van der Waals surface area contributed by atoms with Crippen LogP contribution in [0.4, 0.5) is 0 Å². The lowest BCUT2D eigenvalue weighted by atomic mass is 9.98. The van der Waals surface area contributed by atoms with Crippen molar-refractivity contribution in [2.45, 2.75) is 30.2 Å². The largest absolute Gasteiger partial charge is 0.493 e. The monoisotopic (exact) mass is 453 g/mol. The van der Waals surface area contributed by atoms with Crippen molar-refractivity contribution >= 4 is 23.1 Å². The van der Waals surface area contributed by atoms with Crippen LogP contribution in [0.15, 0.2) is 63.6 Å². The zero-order chi connectivity index (χ0) is 21.6. The van der Waals surface area contributed by atoms with Gasteiger partial charge < -0.3 is 13.9 Å². The van der Waals surface area contributed by atoms with Gasteiger partial charge in [0, 0.05) is 23.1 Å². The average Bonchev–Trinajstić information content (AvgIpc) is 3.47. The maximum absolute atomic E-state index is 5.83. The summed E-state index contributed by atoms with van der Waals surface area (Å²) in [5, 5.41) is 11.9. The molecular weight excluding hydrogens is 430 g/mol. The molecule has 0 saturated carbocycles. The fourth-order valence-electron chi connectivity index (χ4n) is 3.15. The van der Waals surface area contributed by atoms with Gasteiger partial charge in [0.1, 0.15) is 5.01 Å². The summed E-state index contributed by atoms with van der Waals surface area (Å²) < 4.78 is 16.5. The molecule has 0 unspecified atom stereocenters. The highest BCUT2D eigenvalue weighted by molar-refractivity contribution is 7.98. The van der Waals surface area contributed by atoms with Crippen LogP contribution in [0.3, 0.4) is 0 Å². The SMILES string of the molecule is COc1ccc(-c2nc(CSc3nnc(C[C@@H](C)c4ccccc4)o3)cs2)cc1OC. The number of thioether (sulfide) groups is 1. The Morgan fingerprint density at radius 3 is 2.61 bits per heavy atom. The molecule has 0 saturated heterocycles. The predicted octanol–water partition coefficient (Wildman–Crippen LogP) is 5.85. The number of benzene rings is 2. The van der Waals surface area contributed by atoms with Crippen LogP contribution in [0.5, 0.6) is 11.5 Å². The molecule has 0 N–H and O–H groups in total. The quantitative estimate of drug-likeness (QED) is 0.294. The van der Waals surface area contributed by atoms with Gasteiger partial charge in [-0.2, -0.15) is 0 Å².